The van der Waals surface area contributed by atoms with Crippen LogP contribution in [0.15, 0.2) is 30.5 Å². The number of carbonyl (C=O) groups is 1. The van der Waals surface area contributed by atoms with Crippen molar-refractivity contribution in [3.05, 3.63) is 52.8 Å². The Kier molecular flexibility index (Phi) is 5.36. The Morgan fingerprint density at radius 3 is 2.56 bits per heavy atom. The van der Waals surface area contributed by atoms with Crippen molar-refractivity contribution in [2.24, 2.45) is 0 Å². The number of anilines is 2. The molecule has 2 aromatic rings. The first-order valence-electron chi connectivity index (χ1n) is 8.69. The topological polar surface area (TPSA) is 71.2 Å². The molecule has 1 aliphatic rings. The summed E-state index contributed by atoms with van der Waals surface area (Å²) >= 11 is 0. The first-order chi connectivity index (χ1) is 12.7. The Balaban J connectivity index is 1.86. The first-order valence-corrected chi connectivity index (χ1v) is 8.69. The molecule has 1 aromatic heterocycles. The second-order valence-corrected chi connectivity index (χ2v) is 6.75. The number of aryl methyl sites for hydroxylation is 1. The number of nitrogens with two attached hydrogens (primary N) is 1. The van der Waals surface area contributed by atoms with Gasteiger partial charge in [0.1, 0.15) is 0 Å². The molecule has 1 aliphatic heterocycles. The lowest BCUT2D eigenvalue weighted by Gasteiger charge is -2.18. The van der Waals surface area contributed by atoms with Gasteiger partial charge in [-0.3, -0.25) is 14.7 Å². The fourth-order valence-corrected chi connectivity index (χ4v) is 3.10. The summed E-state index contributed by atoms with van der Waals surface area (Å²) in [6.45, 7) is 3.86. The highest BCUT2D eigenvalue weighted by Crippen LogP contribution is 2.32. The van der Waals surface area contributed by atoms with Gasteiger partial charge in [-0.15, -0.1) is 0 Å². The standard InChI is InChI=1S/C19H21F3N4O/c1-12-17(23)8-14(10-24-12)18(27)25-16-7-13(11-26-4-2-3-5-26)6-15(9-16)19(20,21)22/h6-10H,2-5,11,23H2,1H3,(H,25,27). The fraction of sp³-hybridized carbons (Fsp3) is 0.368. The largest absolute Gasteiger partial charge is 0.416 e. The Labute approximate surface area is 155 Å². The number of hydrogen-bond acceptors (Lipinski definition) is 4. The zero-order valence-corrected chi connectivity index (χ0v) is 14.9. The summed E-state index contributed by atoms with van der Waals surface area (Å²) in [6.07, 6.45) is -1.05. The summed E-state index contributed by atoms with van der Waals surface area (Å²) in [5.41, 5.74) is 6.71. The normalized spacial score (nSPS) is 15.1. The maximum atomic E-state index is 13.3. The molecule has 8 heteroatoms. The van der Waals surface area contributed by atoms with Crippen molar-refractivity contribution in [2.45, 2.75) is 32.5 Å². The van der Waals surface area contributed by atoms with Gasteiger partial charge in [0.25, 0.3) is 5.91 Å². The Hall–Kier alpha value is -2.61. The maximum Gasteiger partial charge on any atom is 0.416 e. The molecule has 27 heavy (non-hydrogen) atoms. The van der Waals surface area contributed by atoms with Gasteiger partial charge < -0.3 is 11.1 Å². The molecular weight excluding hydrogens is 357 g/mol. The molecule has 0 radical (unpaired) electrons. The summed E-state index contributed by atoms with van der Waals surface area (Å²) < 4.78 is 39.8. The van der Waals surface area contributed by atoms with Gasteiger partial charge in [-0.1, -0.05) is 0 Å². The lowest BCUT2D eigenvalue weighted by Crippen LogP contribution is -2.20. The van der Waals surface area contributed by atoms with Gasteiger partial charge in [-0.05, 0) is 62.7 Å². The van der Waals surface area contributed by atoms with Crippen LogP contribution in [0.3, 0.4) is 0 Å². The lowest BCUT2D eigenvalue weighted by atomic mass is 10.1. The average Bonchev–Trinajstić information content (AvgIpc) is 3.09. The van der Waals surface area contributed by atoms with Gasteiger partial charge >= 0.3 is 6.18 Å². The van der Waals surface area contributed by atoms with Crippen LogP contribution in [0.2, 0.25) is 0 Å². The van der Waals surface area contributed by atoms with Crippen molar-refractivity contribution in [3.8, 4) is 0 Å². The number of likely N-dealkylation sites (tertiary alicyclic amines) is 1. The summed E-state index contributed by atoms with van der Waals surface area (Å²) in [5, 5.41) is 2.53. The van der Waals surface area contributed by atoms with Crippen LogP contribution in [0.5, 0.6) is 0 Å². The number of alkyl halides is 3. The second kappa shape index (κ2) is 7.56. The number of benzene rings is 1. The van der Waals surface area contributed by atoms with Gasteiger partial charge in [-0.2, -0.15) is 13.2 Å². The number of aromatic nitrogens is 1. The molecule has 0 atom stereocenters. The van der Waals surface area contributed by atoms with Gasteiger partial charge in [0, 0.05) is 18.4 Å². The molecule has 1 aromatic carbocycles. The first kappa shape index (κ1) is 19.2. The van der Waals surface area contributed by atoms with Crippen LogP contribution in [0.4, 0.5) is 24.5 Å². The number of nitrogens with one attached hydrogen (secondary N) is 1. The number of nitrogen functional groups attached to an aromatic ring is 1. The van der Waals surface area contributed by atoms with Crippen molar-refractivity contribution in [3.63, 3.8) is 0 Å². The predicted molar refractivity (Wildman–Crippen MR) is 97.3 cm³/mol. The van der Waals surface area contributed by atoms with Crippen molar-refractivity contribution < 1.29 is 18.0 Å². The number of nitrogens with zero attached hydrogens (tertiary/aromatic N) is 2. The summed E-state index contributed by atoms with van der Waals surface area (Å²) in [7, 11) is 0. The minimum Gasteiger partial charge on any atom is -0.397 e. The number of hydrogen-bond donors (Lipinski definition) is 2. The molecule has 0 aliphatic carbocycles. The molecule has 0 saturated carbocycles. The van der Waals surface area contributed by atoms with Crippen LogP contribution in [-0.4, -0.2) is 28.9 Å². The van der Waals surface area contributed by atoms with Crippen LogP contribution < -0.4 is 11.1 Å². The summed E-state index contributed by atoms with van der Waals surface area (Å²) in [4.78, 5) is 18.5. The number of rotatable bonds is 4. The lowest BCUT2D eigenvalue weighted by molar-refractivity contribution is -0.137. The number of carbonyl (C=O) groups excluding carboxylic acids is 1. The van der Waals surface area contributed by atoms with Crippen LogP contribution in [-0.2, 0) is 12.7 Å². The zero-order chi connectivity index (χ0) is 19.6. The third kappa shape index (κ3) is 4.77. The molecule has 0 spiro atoms. The molecule has 1 saturated heterocycles. The number of pyridine rings is 1. The van der Waals surface area contributed by atoms with E-state index in [1.807, 2.05) is 0 Å². The molecule has 144 valence electrons. The molecule has 1 amide bonds. The van der Waals surface area contributed by atoms with Crippen molar-refractivity contribution in [1.29, 1.82) is 0 Å². The molecule has 0 bridgehead atoms. The van der Waals surface area contributed by atoms with E-state index in [0.717, 1.165) is 38.1 Å². The van der Waals surface area contributed by atoms with E-state index in [-0.39, 0.29) is 11.3 Å². The molecule has 2 heterocycles. The highest BCUT2D eigenvalue weighted by Gasteiger charge is 2.31. The van der Waals surface area contributed by atoms with E-state index in [4.69, 9.17) is 5.73 Å². The summed E-state index contributed by atoms with van der Waals surface area (Å²) in [5.74, 6) is -0.555. The van der Waals surface area contributed by atoms with E-state index in [2.05, 4.69) is 15.2 Å². The number of amides is 1. The highest BCUT2D eigenvalue weighted by molar-refractivity contribution is 6.04. The van der Waals surface area contributed by atoms with E-state index >= 15 is 0 Å². The van der Waals surface area contributed by atoms with Gasteiger partial charge in [0.05, 0.1) is 22.5 Å². The molecule has 3 N–H and O–H groups in total. The average molecular weight is 378 g/mol. The summed E-state index contributed by atoms with van der Waals surface area (Å²) in [6, 6.07) is 5.11. The van der Waals surface area contributed by atoms with E-state index in [9.17, 15) is 18.0 Å². The Bertz CT molecular complexity index is 845. The smallest absolute Gasteiger partial charge is 0.397 e. The molecule has 5 nitrogen and oxygen atoms in total. The minimum atomic E-state index is -4.49. The van der Waals surface area contributed by atoms with E-state index < -0.39 is 17.6 Å². The molecular formula is C19H21F3N4O. The second-order valence-electron chi connectivity index (χ2n) is 6.75. The van der Waals surface area contributed by atoms with E-state index in [1.165, 1.54) is 12.3 Å². The zero-order valence-electron chi connectivity index (χ0n) is 14.9. The predicted octanol–water partition coefficient (Wildman–Crippen LogP) is 3.84. The minimum absolute atomic E-state index is 0.100. The molecule has 0 unspecified atom stereocenters. The third-order valence-corrected chi connectivity index (χ3v) is 4.57. The van der Waals surface area contributed by atoms with Crippen molar-refractivity contribution in [1.82, 2.24) is 9.88 Å². The SMILES string of the molecule is Cc1ncc(C(=O)Nc2cc(CN3CCCC3)cc(C(F)(F)F)c2)cc1N. The molecule has 1 fully saturated rings. The third-order valence-electron chi connectivity index (χ3n) is 4.57. The van der Waals surface area contributed by atoms with Gasteiger partial charge in [0.2, 0.25) is 0 Å². The Morgan fingerprint density at radius 2 is 1.93 bits per heavy atom. The van der Waals surface area contributed by atoms with Crippen molar-refractivity contribution in [2.75, 3.05) is 24.1 Å². The van der Waals surface area contributed by atoms with Crippen molar-refractivity contribution >= 4 is 17.3 Å². The van der Waals surface area contributed by atoms with E-state index in [1.54, 1.807) is 13.0 Å². The van der Waals surface area contributed by atoms with Crippen LogP contribution in [0.25, 0.3) is 0 Å². The molecule has 3 rings (SSSR count). The monoisotopic (exact) mass is 378 g/mol. The Morgan fingerprint density at radius 1 is 1.22 bits per heavy atom. The van der Waals surface area contributed by atoms with E-state index in [0.29, 0.717) is 23.5 Å². The maximum absolute atomic E-state index is 13.3. The number of halogens is 3. The highest BCUT2D eigenvalue weighted by atomic mass is 19.4. The van der Waals surface area contributed by atoms with Gasteiger partial charge in [0.15, 0.2) is 0 Å². The van der Waals surface area contributed by atoms with Gasteiger partial charge in [-0.25, -0.2) is 0 Å². The van der Waals surface area contributed by atoms with Crippen LogP contribution in [0.1, 0.15) is 40.0 Å². The quantitative estimate of drug-likeness (QED) is 0.848. The van der Waals surface area contributed by atoms with Crippen LogP contribution >= 0.6 is 0 Å². The van der Waals surface area contributed by atoms with Crippen LogP contribution in [0, 0.1) is 6.92 Å². The fourth-order valence-electron chi connectivity index (χ4n) is 3.10.